The third kappa shape index (κ3) is 3.07. The Kier molecular flexibility index (Phi) is 4.18. The molecule has 8 heteroatoms. The SMILES string of the molecule is N#Cc1c(F)cccc1N1CCCC(n2ccc(C(F)(F)F)n2)C1. The smallest absolute Gasteiger partial charge is 0.368 e. The highest BCUT2D eigenvalue weighted by molar-refractivity contribution is 5.60. The van der Waals surface area contributed by atoms with Gasteiger partial charge in [-0.25, -0.2) is 4.39 Å². The molecule has 0 amide bonds. The van der Waals surface area contributed by atoms with Gasteiger partial charge in [0.1, 0.15) is 17.4 Å². The molecule has 0 radical (unpaired) electrons. The van der Waals surface area contributed by atoms with Crippen molar-refractivity contribution in [2.24, 2.45) is 0 Å². The van der Waals surface area contributed by atoms with Crippen LogP contribution in [-0.4, -0.2) is 22.9 Å². The second-order valence-corrected chi connectivity index (χ2v) is 5.67. The van der Waals surface area contributed by atoms with E-state index in [2.05, 4.69) is 5.10 Å². The molecule has 1 aromatic heterocycles. The van der Waals surface area contributed by atoms with Gasteiger partial charge in [-0.05, 0) is 31.0 Å². The van der Waals surface area contributed by atoms with E-state index in [9.17, 15) is 17.6 Å². The maximum atomic E-state index is 13.8. The number of aromatic nitrogens is 2. The average Bonchev–Trinajstić information content (AvgIpc) is 3.05. The van der Waals surface area contributed by atoms with Crippen LogP contribution in [0.25, 0.3) is 0 Å². The number of alkyl halides is 3. The van der Waals surface area contributed by atoms with Crippen molar-refractivity contribution >= 4 is 5.69 Å². The number of benzene rings is 1. The van der Waals surface area contributed by atoms with E-state index in [0.29, 0.717) is 31.6 Å². The summed E-state index contributed by atoms with van der Waals surface area (Å²) in [6.07, 6.45) is -1.77. The lowest BCUT2D eigenvalue weighted by atomic mass is 10.0. The third-order valence-corrected chi connectivity index (χ3v) is 4.11. The van der Waals surface area contributed by atoms with E-state index in [-0.39, 0.29) is 11.6 Å². The van der Waals surface area contributed by atoms with Crippen molar-refractivity contribution in [1.29, 1.82) is 5.26 Å². The molecule has 3 rings (SSSR count). The van der Waals surface area contributed by atoms with E-state index in [0.717, 1.165) is 6.07 Å². The van der Waals surface area contributed by atoms with Crippen molar-refractivity contribution in [1.82, 2.24) is 9.78 Å². The molecular weight excluding hydrogens is 324 g/mol. The Balaban J connectivity index is 1.84. The molecule has 1 fully saturated rings. The van der Waals surface area contributed by atoms with Crippen LogP contribution in [0.5, 0.6) is 0 Å². The van der Waals surface area contributed by atoms with E-state index < -0.39 is 17.7 Å². The molecule has 2 heterocycles. The van der Waals surface area contributed by atoms with Crippen molar-refractivity contribution < 1.29 is 17.6 Å². The quantitative estimate of drug-likeness (QED) is 0.784. The lowest BCUT2D eigenvalue weighted by molar-refractivity contribution is -0.141. The molecule has 0 spiro atoms. The molecule has 1 atom stereocenters. The number of hydrogen-bond donors (Lipinski definition) is 0. The number of anilines is 1. The zero-order valence-corrected chi connectivity index (χ0v) is 12.6. The van der Waals surface area contributed by atoms with Crippen molar-refractivity contribution in [3.63, 3.8) is 0 Å². The highest BCUT2D eigenvalue weighted by Gasteiger charge is 2.34. The van der Waals surface area contributed by atoms with Crippen LogP contribution in [-0.2, 0) is 6.18 Å². The van der Waals surface area contributed by atoms with Crippen molar-refractivity contribution in [3.8, 4) is 6.07 Å². The predicted molar refractivity (Wildman–Crippen MR) is 78.8 cm³/mol. The van der Waals surface area contributed by atoms with Crippen LogP contribution in [0.4, 0.5) is 23.2 Å². The van der Waals surface area contributed by atoms with Gasteiger partial charge in [0, 0.05) is 19.3 Å². The first kappa shape index (κ1) is 16.3. The highest BCUT2D eigenvalue weighted by atomic mass is 19.4. The predicted octanol–water partition coefficient (Wildman–Crippen LogP) is 3.75. The van der Waals surface area contributed by atoms with Gasteiger partial charge < -0.3 is 4.90 Å². The maximum Gasteiger partial charge on any atom is 0.435 e. The minimum atomic E-state index is -4.48. The van der Waals surface area contributed by atoms with E-state index in [1.165, 1.54) is 23.0 Å². The number of nitrogens with zero attached hydrogens (tertiary/aromatic N) is 4. The molecule has 1 aromatic carbocycles. The lowest BCUT2D eigenvalue weighted by Crippen LogP contribution is -2.37. The molecule has 1 aliphatic heterocycles. The normalized spacial score (nSPS) is 18.5. The number of piperidine rings is 1. The molecular formula is C16H14F4N4. The molecule has 4 nitrogen and oxygen atoms in total. The van der Waals surface area contributed by atoms with Crippen molar-refractivity contribution in [2.45, 2.75) is 25.1 Å². The van der Waals surface area contributed by atoms with Crippen LogP contribution in [0.3, 0.4) is 0 Å². The molecule has 2 aromatic rings. The average molecular weight is 338 g/mol. The van der Waals surface area contributed by atoms with Gasteiger partial charge in [0.25, 0.3) is 0 Å². The van der Waals surface area contributed by atoms with Crippen molar-refractivity contribution in [3.05, 3.63) is 47.5 Å². The van der Waals surface area contributed by atoms with Crippen LogP contribution < -0.4 is 4.90 Å². The Morgan fingerprint density at radius 3 is 2.71 bits per heavy atom. The molecule has 24 heavy (non-hydrogen) atoms. The van der Waals surface area contributed by atoms with Gasteiger partial charge in [-0.2, -0.15) is 23.5 Å². The number of rotatable bonds is 2. The number of nitriles is 1. The van der Waals surface area contributed by atoms with Gasteiger partial charge in [-0.1, -0.05) is 6.07 Å². The first-order valence-corrected chi connectivity index (χ1v) is 7.46. The first-order valence-electron chi connectivity index (χ1n) is 7.46. The lowest BCUT2D eigenvalue weighted by Gasteiger charge is -2.35. The Hall–Kier alpha value is -2.56. The second kappa shape index (κ2) is 6.15. The largest absolute Gasteiger partial charge is 0.435 e. The number of hydrogen-bond acceptors (Lipinski definition) is 3. The van der Waals surface area contributed by atoms with E-state index >= 15 is 0 Å². The van der Waals surface area contributed by atoms with Crippen LogP contribution >= 0.6 is 0 Å². The fourth-order valence-corrected chi connectivity index (χ4v) is 2.97. The maximum absolute atomic E-state index is 13.8. The molecule has 0 bridgehead atoms. The third-order valence-electron chi connectivity index (χ3n) is 4.11. The Bertz CT molecular complexity index is 775. The van der Waals surface area contributed by atoms with Gasteiger partial charge in [0.05, 0.1) is 11.7 Å². The van der Waals surface area contributed by atoms with Crippen molar-refractivity contribution in [2.75, 3.05) is 18.0 Å². The minimum Gasteiger partial charge on any atom is -0.368 e. The summed E-state index contributed by atoms with van der Waals surface area (Å²) in [5.74, 6) is -0.601. The Morgan fingerprint density at radius 2 is 2.04 bits per heavy atom. The first-order chi connectivity index (χ1) is 11.4. The van der Waals surface area contributed by atoms with Gasteiger partial charge in [0.2, 0.25) is 0 Å². The van der Waals surface area contributed by atoms with E-state index in [4.69, 9.17) is 5.26 Å². The van der Waals surface area contributed by atoms with E-state index in [1.807, 2.05) is 11.0 Å². The molecule has 126 valence electrons. The zero-order valence-electron chi connectivity index (χ0n) is 12.6. The summed E-state index contributed by atoms with van der Waals surface area (Å²) in [5, 5.41) is 12.8. The summed E-state index contributed by atoms with van der Waals surface area (Å²) in [5.41, 5.74) is -0.511. The van der Waals surface area contributed by atoms with Crippen LogP contribution in [0.1, 0.15) is 30.1 Å². The minimum absolute atomic E-state index is 0.0467. The van der Waals surface area contributed by atoms with Crippen LogP contribution in [0.15, 0.2) is 30.5 Å². The van der Waals surface area contributed by atoms with Crippen LogP contribution in [0.2, 0.25) is 0 Å². The topological polar surface area (TPSA) is 44.9 Å². The molecule has 0 aliphatic carbocycles. The van der Waals surface area contributed by atoms with Gasteiger partial charge in [-0.3, -0.25) is 4.68 Å². The van der Waals surface area contributed by atoms with E-state index in [1.54, 1.807) is 6.07 Å². The number of halogens is 4. The van der Waals surface area contributed by atoms with Crippen LogP contribution in [0, 0.1) is 17.1 Å². The summed E-state index contributed by atoms with van der Waals surface area (Å²) >= 11 is 0. The summed E-state index contributed by atoms with van der Waals surface area (Å²) < 4.78 is 53.1. The standard InChI is InChI=1S/C16H14F4N4/c17-13-4-1-5-14(12(13)9-21)23-7-2-3-11(10-23)24-8-6-15(22-24)16(18,19)20/h1,4-6,8,11H,2-3,7,10H2. The zero-order chi connectivity index (χ0) is 17.3. The Morgan fingerprint density at radius 1 is 1.25 bits per heavy atom. The monoisotopic (exact) mass is 338 g/mol. The van der Waals surface area contributed by atoms with Gasteiger partial charge >= 0.3 is 6.18 Å². The molecule has 1 aliphatic rings. The highest BCUT2D eigenvalue weighted by Crippen LogP contribution is 2.31. The summed E-state index contributed by atoms with van der Waals surface area (Å²) in [7, 11) is 0. The second-order valence-electron chi connectivity index (χ2n) is 5.67. The fourth-order valence-electron chi connectivity index (χ4n) is 2.97. The summed E-state index contributed by atoms with van der Waals surface area (Å²) in [4.78, 5) is 1.82. The summed E-state index contributed by atoms with van der Waals surface area (Å²) in [6.45, 7) is 0.985. The molecule has 1 unspecified atom stereocenters. The molecule has 0 saturated carbocycles. The Labute approximate surface area is 135 Å². The van der Waals surface area contributed by atoms with Gasteiger partial charge in [0.15, 0.2) is 5.69 Å². The summed E-state index contributed by atoms with van der Waals surface area (Å²) in [6, 6.07) is 6.92. The fraction of sp³-hybridized carbons (Fsp3) is 0.375. The molecule has 0 N–H and O–H groups in total. The molecule has 1 saturated heterocycles. The van der Waals surface area contributed by atoms with Gasteiger partial charge in [-0.15, -0.1) is 0 Å².